The number of aryl methyl sites for hydroxylation is 1. The number of hydrogen-bond acceptors (Lipinski definition) is 1. The first-order valence-electron chi connectivity index (χ1n) is 5.92. The van der Waals surface area contributed by atoms with Gasteiger partial charge in [0.1, 0.15) is 5.75 Å². The molecule has 0 bridgehead atoms. The SMILES string of the molecule is C#CCc1ccc(-c2ccc(OC)cc2C)cc1. The number of methoxy groups -OCH3 is 1. The standard InChI is InChI=1S/C17H16O/c1-4-5-14-6-8-15(9-7-14)17-11-10-16(18-3)12-13(17)2/h1,6-12H,5H2,2-3H3. The maximum atomic E-state index is 5.30. The minimum absolute atomic E-state index is 0.682. The van der Waals surface area contributed by atoms with Crippen LogP contribution in [0.5, 0.6) is 5.75 Å². The number of hydrogen-bond donors (Lipinski definition) is 0. The number of rotatable bonds is 3. The smallest absolute Gasteiger partial charge is 0.119 e. The largest absolute Gasteiger partial charge is 0.497 e. The second kappa shape index (κ2) is 5.42. The Labute approximate surface area is 108 Å². The van der Waals surface area contributed by atoms with Crippen molar-refractivity contribution in [2.24, 2.45) is 0 Å². The molecule has 2 aromatic carbocycles. The monoisotopic (exact) mass is 236 g/mol. The van der Waals surface area contributed by atoms with Gasteiger partial charge in [0.15, 0.2) is 0 Å². The zero-order valence-electron chi connectivity index (χ0n) is 10.7. The average Bonchev–Trinajstić information content (AvgIpc) is 2.40. The van der Waals surface area contributed by atoms with Crippen molar-refractivity contribution in [3.05, 3.63) is 53.6 Å². The van der Waals surface area contributed by atoms with E-state index in [0.717, 1.165) is 5.75 Å². The van der Waals surface area contributed by atoms with Crippen molar-refractivity contribution in [2.45, 2.75) is 13.3 Å². The fourth-order valence-electron chi connectivity index (χ4n) is 2.01. The van der Waals surface area contributed by atoms with E-state index in [1.807, 2.05) is 12.1 Å². The zero-order valence-corrected chi connectivity index (χ0v) is 10.7. The van der Waals surface area contributed by atoms with Gasteiger partial charge < -0.3 is 4.74 Å². The Bertz CT molecular complexity index is 574. The van der Waals surface area contributed by atoms with Gasteiger partial charge in [-0.25, -0.2) is 0 Å². The molecule has 0 N–H and O–H groups in total. The van der Waals surface area contributed by atoms with E-state index in [1.54, 1.807) is 7.11 Å². The second-order valence-electron chi connectivity index (χ2n) is 4.26. The molecule has 0 heterocycles. The Hall–Kier alpha value is -2.20. The van der Waals surface area contributed by atoms with E-state index >= 15 is 0 Å². The van der Waals surface area contributed by atoms with Gasteiger partial charge in [0.2, 0.25) is 0 Å². The van der Waals surface area contributed by atoms with Gasteiger partial charge in [0.25, 0.3) is 0 Å². The molecule has 0 atom stereocenters. The fraction of sp³-hybridized carbons (Fsp3) is 0.176. The van der Waals surface area contributed by atoms with Crippen molar-refractivity contribution in [1.29, 1.82) is 0 Å². The van der Waals surface area contributed by atoms with E-state index < -0.39 is 0 Å². The summed E-state index contributed by atoms with van der Waals surface area (Å²) in [6.07, 6.45) is 5.98. The summed E-state index contributed by atoms with van der Waals surface area (Å²) >= 11 is 0. The molecule has 1 nitrogen and oxygen atoms in total. The summed E-state index contributed by atoms with van der Waals surface area (Å²) in [4.78, 5) is 0. The predicted octanol–water partition coefficient (Wildman–Crippen LogP) is 3.85. The molecule has 0 aliphatic carbocycles. The summed E-state index contributed by atoms with van der Waals surface area (Å²) in [7, 11) is 1.68. The molecular formula is C17H16O. The first-order chi connectivity index (χ1) is 8.74. The van der Waals surface area contributed by atoms with E-state index in [1.165, 1.54) is 22.3 Å². The van der Waals surface area contributed by atoms with Gasteiger partial charge in [-0.15, -0.1) is 12.3 Å². The molecule has 2 rings (SSSR count). The summed E-state index contributed by atoms with van der Waals surface area (Å²) in [6, 6.07) is 14.5. The molecule has 0 aliphatic heterocycles. The van der Waals surface area contributed by atoms with E-state index in [0.29, 0.717) is 6.42 Å². The molecule has 90 valence electrons. The summed E-state index contributed by atoms with van der Waals surface area (Å²) in [5.74, 6) is 3.54. The maximum absolute atomic E-state index is 5.30. The van der Waals surface area contributed by atoms with Crippen LogP contribution in [-0.2, 0) is 6.42 Å². The highest BCUT2D eigenvalue weighted by Gasteiger charge is 2.03. The summed E-state index contributed by atoms with van der Waals surface area (Å²) in [5, 5.41) is 0. The van der Waals surface area contributed by atoms with E-state index in [-0.39, 0.29) is 0 Å². The lowest BCUT2D eigenvalue weighted by Crippen LogP contribution is -1.88. The number of ether oxygens (including phenoxy) is 1. The van der Waals surface area contributed by atoms with Gasteiger partial charge in [-0.3, -0.25) is 0 Å². The van der Waals surface area contributed by atoms with Crippen LogP contribution in [0.15, 0.2) is 42.5 Å². The highest BCUT2D eigenvalue weighted by atomic mass is 16.5. The Morgan fingerprint density at radius 1 is 1.11 bits per heavy atom. The molecule has 0 saturated heterocycles. The van der Waals surface area contributed by atoms with Crippen LogP contribution in [0.2, 0.25) is 0 Å². The lowest BCUT2D eigenvalue weighted by atomic mass is 9.99. The van der Waals surface area contributed by atoms with Crippen LogP contribution in [0.4, 0.5) is 0 Å². The molecule has 0 aliphatic rings. The van der Waals surface area contributed by atoms with Gasteiger partial charge in [-0.1, -0.05) is 30.3 Å². The number of terminal acetylenes is 1. The Balaban J connectivity index is 2.34. The third-order valence-corrected chi connectivity index (χ3v) is 3.00. The van der Waals surface area contributed by atoms with Crippen molar-refractivity contribution in [3.8, 4) is 29.2 Å². The topological polar surface area (TPSA) is 9.23 Å². The van der Waals surface area contributed by atoms with Gasteiger partial charge in [0, 0.05) is 6.42 Å². The van der Waals surface area contributed by atoms with E-state index in [4.69, 9.17) is 11.2 Å². The first-order valence-corrected chi connectivity index (χ1v) is 5.92. The third kappa shape index (κ3) is 2.55. The van der Waals surface area contributed by atoms with Crippen LogP contribution in [-0.4, -0.2) is 7.11 Å². The van der Waals surface area contributed by atoms with Crippen LogP contribution in [0, 0.1) is 19.3 Å². The molecule has 0 unspecified atom stereocenters. The highest BCUT2D eigenvalue weighted by molar-refractivity contribution is 5.68. The lowest BCUT2D eigenvalue weighted by molar-refractivity contribution is 0.414. The molecule has 0 amide bonds. The van der Waals surface area contributed by atoms with E-state index in [9.17, 15) is 0 Å². The van der Waals surface area contributed by atoms with Crippen molar-refractivity contribution >= 4 is 0 Å². The van der Waals surface area contributed by atoms with Crippen LogP contribution < -0.4 is 4.74 Å². The quantitative estimate of drug-likeness (QED) is 0.736. The van der Waals surface area contributed by atoms with Crippen LogP contribution >= 0.6 is 0 Å². The van der Waals surface area contributed by atoms with Crippen molar-refractivity contribution in [3.63, 3.8) is 0 Å². The van der Waals surface area contributed by atoms with Crippen LogP contribution in [0.1, 0.15) is 11.1 Å². The minimum atomic E-state index is 0.682. The Morgan fingerprint density at radius 2 is 1.83 bits per heavy atom. The van der Waals surface area contributed by atoms with Crippen LogP contribution in [0.3, 0.4) is 0 Å². The van der Waals surface area contributed by atoms with Gasteiger partial charge in [-0.2, -0.15) is 0 Å². The average molecular weight is 236 g/mol. The molecule has 18 heavy (non-hydrogen) atoms. The van der Waals surface area contributed by atoms with Crippen LogP contribution in [0.25, 0.3) is 11.1 Å². The summed E-state index contributed by atoms with van der Waals surface area (Å²) in [6.45, 7) is 2.09. The molecule has 0 radical (unpaired) electrons. The molecule has 0 spiro atoms. The summed E-state index contributed by atoms with van der Waals surface area (Å²) < 4.78 is 5.21. The third-order valence-electron chi connectivity index (χ3n) is 3.00. The molecular weight excluding hydrogens is 220 g/mol. The Morgan fingerprint density at radius 3 is 2.39 bits per heavy atom. The van der Waals surface area contributed by atoms with Crippen molar-refractivity contribution in [2.75, 3.05) is 7.11 Å². The molecule has 2 aromatic rings. The predicted molar refractivity (Wildman–Crippen MR) is 75.7 cm³/mol. The maximum Gasteiger partial charge on any atom is 0.119 e. The molecule has 0 aromatic heterocycles. The highest BCUT2D eigenvalue weighted by Crippen LogP contribution is 2.27. The van der Waals surface area contributed by atoms with Crippen molar-refractivity contribution in [1.82, 2.24) is 0 Å². The normalized spacial score (nSPS) is 9.83. The van der Waals surface area contributed by atoms with Gasteiger partial charge in [-0.05, 0) is 41.3 Å². The first kappa shape index (κ1) is 12.3. The molecule has 0 saturated carbocycles. The van der Waals surface area contributed by atoms with Gasteiger partial charge >= 0.3 is 0 Å². The molecule has 0 fully saturated rings. The molecule has 1 heteroatoms. The number of benzene rings is 2. The fourth-order valence-corrected chi connectivity index (χ4v) is 2.01. The van der Waals surface area contributed by atoms with Crippen molar-refractivity contribution < 1.29 is 4.74 Å². The zero-order chi connectivity index (χ0) is 13.0. The summed E-state index contributed by atoms with van der Waals surface area (Å²) in [5.41, 5.74) is 4.81. The minimum Gasteiger partial charge on any atom is -0.497 e. The van der Waals surface area contributed by atoms with E-state index in [2.05, 4.69) is 43.2 Å². The second-order valence-corrected chi connectivity index (χ2v) is 4.26. The Kier molecular flexibility index (Phi) is 3.69. The van der Waals surface area contributed by atoms with Gasteiger partial charge in [0.05, 0.1) is 7.11 Å². The lowest BCUT2D eigenvalue weighted by Gasteiger charge is -2.08.